The number of ether oxygens (including phenoxy) is 1. The van der Waals surface area contributed by atoms with Crippen molar-refractivity contribution in [3.63, 3.8) is 0 Å². The van der Waals surface area contributed by atoms with E-state index in [1.54, 1.807) is 12.1 Å². The summed E-state index contributed by atoms with van der Waals surface area (Å²) in [6.07, 6.45) is 0. The molecule has 29 heavy (non-hydrogen) atoms. The van der Waals surface area contributed by atoms with Gasteiger partial charge >= 0.3 is 5.97 Å². The van der Waals surface area contributed by atoms with Gasteiger partial charge in [0.1, 0.15) is 0 Å². The normalized spacial score (nSPS) is 11.1. The summed E-state index contributed by atoms with van der Waals surface area (Å²) in [6, 6.07) is 22.9. The topological polar surface area (TPSA) is 72.5 Å². The molecule has 150 valence electrons. The Labute approximate surface area is 171 Å². The Hall–Kier alpha value is -3.12. The van der Waals surface area contributed by atoms with Gasteiger partial charge in [0.25, 0.3) is 0 Å². The van der Waals surface area contributed by atoms with Crippen molar-refractivity contribution in [1.82, 2.24) is 0 Å². The van der Waals surface area contributed by atoms with E-state index in [9.17, 15) is 13.2 Å². The Morgan fingerprint density at radius 3 is 2.38 bits per heavy atom. The number of hydrogen-bond donors (Lipinski definition) is 1. The number of anilines is 1. The van der Waals surface area contributed by atoms with E-state index in [0.717, 1.165) is 16.8 Å². The van der Waals surface area contributed by atoms with Crippen LogP contribution in [-0.2, 0) is 25.9 Å². The lowest BCUT2D eigenvalue weighted by Gasteiger charge is -2.11. The van der Waals surface area contributed by atoms with Crippen LogP contribution in [0.25, 0.3) is 11.1 Å². The zero-order valence-electron chi connectivity index (χ0n) is 16.4. The van der Waals surface area contributed by atoms with Crippen molar-refractivity contribution in [2.45, 2.75) is 18.4 Å². The van der Waals surface area contributed by atoms with Gasteiger partial charge in [-0.15, -0.1) is 0 Å². The number of hydrogen-bond acceptors (Lipinski definition) is 5. The van der Waals surface area contributed by atoms with Crippen LogP contribution in [0.15, 0.2) is 77.7 Å². The predicted molar refractivity (Wildman–Crippen MR) is 114 cm³/mol. The molecule has 0 heterocycles. The van der Waals surface area contributed by atoms with Crippen molar-refractivity contribution in [2.75, 3.05) is 18.2 Å². The average molecular weight is 410 g/mol. The van der Waals surface area contributed by atoms with Gasteiger partial charge in [0.2, 0.25) is 0 Å². The number of benzene rings is 3. The summed E-state index contributed by atoms with van der Waals surface area (Å²) in [5.41, 5.74) is 5.50. The van der Waals surface area contributed by atoms with Crippen molar-refractivity contribution >= 4 is 21.5 Å². The summed E-state index contributed by atoms with van der Waals surface area (Å²) in [7, 11) is -2.53. The first-order valence-corrected chi connectivity index (χ1v) is 10.8. The Morgan fingerprint density at radius 2 is 1.69 bits per heavy atom. The predicted octanol–water partition coefficient (Wildman–Crippen LogP) is 4.22. The molecule has 3 aromatic carbocycles. The van der Waals surface area contributed by atoms with Crippen molar-refractivity contribution < 1.29 is 17.9 Å². The fraction of sp³-hybridized carbons (Fsp3) is 0.174. The molecule has 0 bridgehead atoms. The minimum Gasteiger partial charge on any atom is -0.468 e. The Bertz CT molecular complexity index is 1110. The quantitative estimate of drug-likeness (QED) is 0.592. The highest BCUT2D eigenvalue weighted by Crippen LogP contribution is 2.24. The average Bonchev–Trinajstić information content (AvgIpc) is 2.73. The number of sulfone groups is 1. The molecular formula is C23H23NO4S. The Kier molecular flexibility index (Phi) is 6.34. The summed E-state index contributed by atoms with van der Waals surface area (Å²) in [6.45, 7) is 2.70. The van der Waals surface area contributed by atoms with Gasteiger partial charge < -0.3 is 10.1 Å². The fourth-order valence-electron chi connectivity index (χ4n) is 3.03. The van der Waals surface area contributed by atoms with Crippen LogP contribution in [0, 0.1) is 6.92 Å². The first-order valence-electron chi connectivity index (χ1n) is 9.17. The summed E-state index contributed by atoms with van der Waals surface area (Å²) in [5, 5.41) is 3.30. The second-order valence-corrected chi connectivity index (χ2v) is 8.72. The molecule has 0 aliphatic carbocycles. The zero-order chi connectivity index (χ0) is 20.9. The minimum atomic E-state index is -3.70. The van der Waals surface area contributed by atoms with E-state index >= 15 is 0 Å². The fourth-order valence-corrected chi connectivity index (χ4v) is 4.17. The highest BCUT2D eigenvalue weighted by atomic mass is 32.2. The largest absolute Gasteiger partial charge is 0.468 e. The smallest absolute Gasteiger partial charge is 0.321 e. The second kappa shape index (κ2) is 8.92. The molecule has 3 rings (SSSR count). The van der Waals surface area contributed by atoms with E-state index in [2.05, 4.69) is 41.2 Å². The van der Waals surface area contributed by atoms with Crippen molar-refractivity contribution in [3.8, 4) is 11.1 Å². The van der Waals surface area contributed by atoms with Crippen LogP contribution in [-0.4, -0.2) is 27.2 Å². The summed E-state index contributed by atoms with van der Waals surface area (Å²) >= 11 is 0. The van der Waals surface area contributed by atoms with Crippen LogP contribution in [0.3, 0.4) is 0 Å². The maximum atomic E-state index is 12.2. The number of methoxy groups -OCH3 is 1. The molecule has 5 nitrogen and oxygen atoms in total. The molecule has 0 aliphatic heterocycles. The van der Waals surface area contributed by atoms with E-state index in [1.165, 1.54) is 30.4 Å². The lowest BCUT2D eigenvalue weighted by atomic mass is 9.99. The number of esters is 1. The first-order chi connectivity index (χ1) is 13.9. The van der Waals surface area contributed by atoms with E-state index in [-0.39, 0.29) is 4.90 Å². The summed E-state index contributed by atoms with van der Waals surface area (Å²) < 4.78 is 28.8. The molecule has 0 radical (unpaired) electrons. The molecule has 0 unspecified atom stereocenters. The zero-order valence-corrected chi connectivity index (χ0v) is 17.2. The van der Waals surface area contributed by atoms with Crippen LogP contribution in [0.4, 0.5) is 5.69 Å². The van der Waals surface area contributed by atoms with Crippen molar-refractivity contribution in [1.29, 1.82) is 0 Å². The third kappa shape index (κ3) is 5.23. The second-order valence-electron chi connectivity index (χ2n) is 6.73. The SMILES string of the molecule is COC(=O)CS(=O)(=O)c1ccc(NCc2cccc(-c3ccccc3C)c2)cc1. The number of nitrogens with one attached hydrogen (secondary N) is 1. The van der Waals surface area contributed by atoms with Gasteiger partial charge in [-0.3, -0.25) is 4.79 Å². The lowest BCUT2D eigenvalue weighted by molar-refractivity contribution is -0.137. The third-order valence-corrected chi connectivity index (χ3v) is 6.23. The first kappa shape index (κ1) is 20.6. The maximum absolute atomic E-state index is 12.2. The van der Waals surface area contributed by atoms with E-state index in [4.69, 9.17) is 0 Å². The molecule has 3 aromatic rings. The molecule has 0 aromatic heterocycles. The third-order valence-electron chi connectivity index (χ3n) is 4.63. The Balaban J connectivity index is 1.69. The molecule has 0 fully saturated rings. The monoisotopic (exact) mass is 409 g/mol. The highest BCUT2D eigenvalue weighted by molar-refractivity contribution is 7.92. The summed E-state index contributed by atoms with van der Waals surface area (Å²) in [5.74, 6) is -1.44. The number of rotatable bonds is 7. The van der Waals surface area contributed by atoms with Crippen LogP contribution in [0.1, 0.15) is 11.1 Å². The highest BCUT2D eigenvalue weighted by Gasteiger charge is 2.19. The number of aryl methyl sites for hydroxylation is 1. The number of carbonyl (C=O) groups is 1. The van der Waals surface area contributed by atoms with E-state index in [1.807, 2.05) is 24.3 Å². The molecule has 0 spiro atoms. The van der Waals surface area contributed by atoms with Crippen molar-refractivity contribution in [3.05, 3.63) is 83.9 Å². The standard InChI is InChI=1S/C23H23NO4S/c1-17-6-3-4-9-22(17)19-8-5-7-18(14-19)15-24-20-10-12-21(13-11-20)29(26,27)16-23(25)28-2/h3-14,24H,15-16H2,1-2H3. The van der Waals surface area contributed by atoms with E-state index in [0.29, 0.717) is 6.54 Å². The number of carbonyl (C=O) groups excluding carboxylic acids is 1. The molecule has 0 saturated heterocycles. The van der Waals surface area contributed by atoms with Crippen LogP contribution in [0.2, 0.25) is 0 Å². The van der Waals surface area contributed by atoms with Crippen LogP contribution >= 0.6 is 0 Å². The molecular weight excluding hydrogens is 386 g/mol. The molecule has 0 amide bonds. The molecule has 0 saturated carbocycles. The van der Waals surface area contributed by atoms with Crippen LogP contribution in [0.5, 0.6) is 0 Å². The van der Waals surface area contributed by atoms with Gasteiger partial charge in [0, 0.05) is 12.2 Å². The maximum Gasteiger partial charge on any atom is 0.321 e. The lowest BCUT2D eigenvalue weighted by Crippen LogP contribution is -2.17. The van der Waals surface area contributed by atoms with Gasteiger partial charge in [-0.25, -0.2) is 8.42 Å². The van der Waals surface area contributed by atoms with Crippen LogP contribution < -0.4 is 5.32 Å². The van der Waals surface area contributed by atoms with Gasteiger partial charge in [-0.1, -0.05) is 42.5 Å². The molecule has 1 N–H and O–H groups in total. The van der Waals surface area contributed by atoms with Crippen molar-refractivity contribution in [2.24, 2.45) is 0 Å². The van der Waals surface area contributed by atoms with Gasteiger partial charge in [-0.2, -0.15) is 0 Å². The van der Waals surface area contributed by atoms with Gasteiger partial charge in [0.15, 0.2) is 15.6 Å². The summed E-state index contributed by atoms with van der Waals surface area (Å²) in [4.78, 5) is 11.4. The minimum absolute atomic E-state index is 0.0926. The van der Waals surface area contributed by atoms with E-state index < -0.39 is 21.6 Å². The van der Waals surface area contributed by atoms with Gasteiger partial charge in [0.05, 0.1) is 12.0 Å². The molecule has 6 heteroatoms. The molecule has 0 atom stereocenters. The molecule has 0 aliphatic rings. The van der Waals surface area contributed by atoms with Gasteiger partial charge in [-0.05, 0) is 59.5 Å². The Morgan fingerprint density at radius 1 is 0.966 bits per heavy atom.